The minimum atomic E-state index is 0. The van der Waals surface area contributed by atoms with Gasteiger partial charge in [0.15, 0.2) is 5.96 Å². The first-order chi connectivity index (χ1) is 14.2. The van der Waals surface area contributed by atoms with Gasteiger partial charge < -0.3 is 24.4 Å². The van der Waals surface area contributed by atoms with Crippen LogP contribution in [0.15, 0.2) is 48.2 Å². The van der Waals surface area contributed by atoms with E-state index in [1.54, 1.807) is 13.4 Å². The Balaban J connectivity index is 0.00000320. The number of aryl methyl sites for hydroxylation is 1. The summed E-state index contributed by atoms with van der Waals surface area (Å²) >= 11 is 0. The molecule has 1 aliphatic heterocycles. The van der Waals surface area contributed by atoms with Gasteiger partial charge >= 0.3 is 0 Å². The van der Waals surface area contributed by atoms with Crippen LogP contribution in [-0.2, 0) is 13.0 Å². The van der Waals surface area contributed by atoms with Crippen LogP contribution in [0.25, 0.3) is 0 Å². The standard InChI is InChI=1S/C21H31N7O.HI/c1-4-9-22-21(23-10-11-28-17-24-25-20(28)5-2)27-14-12-26(13-15-27)18-7-6-8-19(16-18)29-3;/h4,6-8,16-17H,1,5,9-15H2,2-3H3,(H,22,23);1H. The highest BCUT2D eigenvalue weighted by Gasteiger charge is 2.20. The van der Waals surface area contributed by atoms with Crippen molar-refractivity contribution in [3.8, 4) is 5.75 Å². The number of ether oxygens (including phenoxy) is 1. The van der Waals surface area contributed by atoms with Crippen molar-refractivity contribution < 1.29 is 4.74 Å². The maximum atomic E-state index is 5.35. The number of guanidine groups is 1. The van der Waals surface area contributed by atoms with E-state index in [0.29, 0.717) is 13.1 Å². The van der Waals surface area contributed by atoms with Gasteiger partial charge in [0.25, 0.3) is 0 Å². The number of methoxy groups -OCH3 is 1. The Bertz CT molecular complexity index is 815. The molecule has 1 N–H and O–H groups in total. The van der Waals surface area contributed by atoms with Crippen molar-refractivity contribution in [2.75, 3.05) is 51.3 Å². The molecule has 0 radical (unpaired) electrons. The van der Waals surface area contributed by atoms with E-state index in [1.165, 1.54) is 5.69 Å². The number of piperazine rings is 1. The maximum Gasteiger partial charge on any atom is 0.194 e. The van der Waals surface area contributed by atoms with Crippen molar-refractivity contribution in [3.05, 3.63) is 49.1 Å². The average molecular weight is 525 g/mol. The van der Waals surface area contributed by atoms with Gasteiger partial charge in [-0.05, 0) is 12.1 Å². The SMILES string of the molecule is C=CCNC(=NCCn1cnnc1CC)N1CCN(c2cccc(OC)c2)CC1.I. The molecule has 1 aromatic heterocycles. The van der Waals surface area contributed by atoms with E-state index in [4.69, 9.17) is 9.73 Å². The molecule has 1 saturated heterocycles. The Morgan fingerprint density at radius 1 is 1.30 bits per heavy atom. The van der Waals surface area contributed by atoms with Crippen molar-refractivity contribution >= 4 is 35.6 Å². The molecule has 0 atom stereocenters. The first kappa shape index (κ1) is 24.0. The third-order valence-corrected chi connectivity index (χ3v) is 5.02. The predicted molar refractivity (Wildman–Crippen MR) is 132 cm³/mol. The van der Waals surface area contributed by atoms with Crippen LogP contribution in [0.3, 0.4) is 0 Å². The van der Waals surface area contributed by atoms with E-state index in [-0.39, 0.29) is 24.0 Å². The number of nitrogens with one attached hydrogen (secondary N) is 1. The molecule has 30 heavy (non-hydrogen) atoms. The lowest BCUT2D eigenvalue weighted by molar-refractivity contribution is 0.372. The van der Waals surface area contributed by atoms with Gasteiger partial charge in [-0.25, -0.2) is 0 Å². The van der Waals surface area contributed by atoms with Crippen LogP contribution in [0, 0.1) is 0 Å². The summed E-state index contributed by atoms with van der Waals surface area (Å²) in [5.41, 5.74) is 1.20. The molecule has 9 heteroatoms. The second-order valence-corrected chi connectivity index (χ2v) is 6.84. The van der Waals surface area contributed by atoms with Gasteiger partial charge in [0.1, 0.15) is 17.9 Å². The van der Waals surface area contributed by atoms with Crippen molar-refractivity contribution in [2.45, 2.75) is 19.9 Å². The Morgan fingerprint density at radius 2 is 2.10 bits per heavy atom. The zero-order valence-corrected chi connectivity index (χ0v) is 20.2. The molecule has 0 unspecified atom stereocenters. The number of halogens is 1. The lowest BCUT2D eigenvalue weighted by atomic mass is 10.2. The van der Waals surface area contributed by atoms with Crippen LogP contribution in [0.4, 0.5) is 5.69 Å². The molecule has 1 aromatic carbocycles. The van der Waals surface area contributed by atoms with Gasteiger partial charge in [-0.15, -0.1) is 40.8 Å². The van der Waals surface area contributed by atoms with Crippen LogP contribution < -0.4 is 15.0 Å². The highest BCUT2D eigenvalue weighted by atomic mass is 127. The minimum absolute atomic E-state index is 0. The normalized spacial score (nSPS) is 14.3. The van der Waals surface area contributed by atoms with E-state index in [0.717, 1.165) is 56.7 Å². The number of aliphatic imine (C=N–C) groups is 1. The van der Waals surface area contributed by atoms with Gasteiger partial charge in [-0.2, -0.15) is 0 Å². The first-order valence-corrected chi connectivity index (χ1v) is 10.1. The molecule has 1 aliphatic rings. The zero-order valence-electron chi connectivity index (χ0n) is 17.8. The van der Waals surface area contributed by atoms with Gasteiger partial charge in [0.2, 0.25) is 0 Å². The number of hydrogen-bond donors (Lipinski definition) is 1. The third kappa shape index (κ3) is 6.35. The van der Waals surface area contributed by atoms with Crippen LogP contribution in [-0.4, -0.2) is 72.0 Å². The molecule has 3 rings (SSSR count). The van der Waals surface area contributed by atoms with Crippen LogP contribution in [0.5, 0.6) is 5.75 Å². The van der Waals surface area contributed by atoms with Crippen molar-refractivity contribution in [1.82, 2.24) is 25.0 Å². The Labute approximate surface area is 196 Å². The molecule has 1 fully saturated rings. The molecule has 0 spiro atoms. The Morgan fingerprint density at radius 3 is 2.80 bits per heavy atom. The first-order valence-electron chi connectivity index (χ1n) is 10.1. The fourth-order valence-electron chi connectivity index (χ4n) is 3.42. The molecule has 164 valence electrons. The second kappa shape index (κ2) is 12.4. The summed E-state index contributed by atoms with van der Waals surface area (Å²) in [5, 5.41) is 11.5. The quantitative estimate of drug-likeness (QED) is 0.247. The van der Waals surface area contributed by atoms with Gasteiger partial charge in [-0.3, -0.25) is 4.99 Å². The van der Waals surface area contributed by atoms with Crippen molar-refractivity contribution in [2.24, 2.45) is 4.99 Å². The van der Waals surface area contributed by atoms with E-state index in [9.17, 15) is 0 Å². The number of rotatable bonds is 8. The Hall–Kier alpha value is -2.30. The lowest BCUT2D eigenvalue weighted by Gasteiger charge is -2.37. The zero-order chi connectivity index (χ0) is 20.5. The molecule has 0 amide bonds. The fourth-order valence-corrected chi connectivity index (χ4v) is 3.42. The van der Waals surface area contributed by atoms with Crippen molar-refractivity contribution in [1.29, 1.82) is 0 Å². The number of nitrogens with zero attached hydrogens (tertiary/aromatic N) is 6. The summed E-state index contributed by atoms with van der Waals surface area (Å²) < 4.78 is 7.42. The van der Waals surface area contributed by atoms with Gasteiger partial charge in [0, 0.05) is 57.4 Å². The van der Waals surface area contributed by atoms with Gasteiger partial charge in [-0.1, -0.05) is 19.1 Å². The number of hydrogen-bond acceptors (Lipinski definition) is 5. The molecule has 8 nitrogen and oxygen atoms in total. The smallest absolute Gasteiger partial charge is 0.194 e. The summed E-state index contributed by atoms with van der Waals surface area (Å²) in [6, 6.07) is 8.23. The molecular formula is C21H32IN7O. The molecule has 2 aromatic rings. The summed E-state index contributed by atoms with van der Waals surface area (Å²) in [5.74, 6) is 2.81. The molecule has 0 saturated carbocycles. The molecule has 0 aliphatic carbocycles. The third-order valence-electron chi connectivity index (χ3n) is 5.02. The largest absolute Gasteiger partial charge is 0.497 e. The monoisotopic (exact) mass is 525 g/mol. The number of benzene rings is 1. The van der Waals surface area contributed by atoms with E-state index < -0.39 is 0 Å². The van der Waals surface area contributed by atoms with E-state index >= 15 is 0 Å². The highest BCUT2D eigenvalue weighted by molar-refractivity contribution is 14.0. The van der Waals surface area contributed by atoms with Gasteiger partial charge in [0.05, 0.1) is 13.7 Å². The average Bonchev–Trinajstić information content (AvgIpc) is 3.24. The minimum Gasteiger partial charge on any atom is -0.497 e. The summed E-state index contributed by atoms with van der Waals surface area (Å²) in [6.07, 6.45) is 4.51. The topological polar surface area (TPSA) is 70.8 Å². The highest BCUT2D eigenvalue weighted by Crippen LogP contribution is 2.22. The van der Waals surface area contributed by atoms with Crippen molar-refractivity contribution in [3.63, 3.8) is 0 Å². The van der Waals surface area contributed by atoms with Crippen LogP contribution >= 0.6 is 24.0 Å². The van der Waals surface area contributed by atoms with E-state index in [1.807, 2.05) is 18.2 Å². The predicted octanol–water partition coefficient (Wildman–Crippen LogP) is 2.42. The van der Waals surface area contributed by atoms with E-state index in [2.05, 4.69) is 55.5 Å². The molecule has 0 bridgehead atoms. The fraction of sp³-hybridized carbons (Fsp3) is 0.476. The Kier molecular flexibility index (Phi) is 9.92. The summed E-state index contributed by atoms with van der Waals surface area (Å²) in [6.45, 7) is 11.7. The number of anilines is 1. The summed E-state index contributed by atoms with van der Waals surface area (Å²) in [4.78, 5) is 9.53. The van der Waals surface area contributed by atoms with Crippen LogP contribution in [0.1, 0.15) is 12.7 Å². The van der Waals surface area contributed by atoms with Crippen LogP contribution in [0.2, 0.25) is 0 Å². The molecular weight excluding hydrogens is 493 g/mol. The lowest BCUT2D eigenvalue weighted by Crippen LogP contribution is -2.52. The molecule has 2 heterocycles. The maximum absolute atomic E-state index is 5.35. The second-order valence-electron chi connectivity index (χ2n) is 6.84. The number of aromatic nitrogens is 3. The summed E-state index contributed by atoms with van der Waals surface area (Å²) in [7, 11) is 1.70.